The van der Waals surface area contributed by atoms with Gasteiger partial charge in [0.2, 0.25) is 5.88 Å². The summed E-state index contributed by atoms with van der Waals surface area (Å²) in [5, 5.41) is 6.41. The lowest BCUT2D eigenvalue weighted by atomic mass is 10.1. The van der Waals surface area contributed by atoms with Crippen LogP contribution in [0.3, 0.4) is 0 Å². The molecule has 0 aliphatic rings. The van der Waals surface area contributed by atoms with Crippen molar-refractivity contribution in [2.45, 2.75) is 12.6 Å². The zero-order valence-electron chi connectivity index (χ0n) is 15.1. The van der Waals surface area contributed by atoms with Gasteiger partial charge in [-0.05, 0) is 24.1 Å². The Morgan fingerprint density at radius 1 is 1.10 bits per heavy atom. The van der Waals surface area contributed by atoms with E-state index in [4.69, 9.17) is 16.3 Å². The fourth-order valence-electron chi connectivity index (χ4n) is 2.58. The summed E-state index contributed by atoms with van der Waals surface area (Å²) in [5.74, 6) is -0.690. The highest BCUT2D eigenvalue weighted by Crippen LogP contribution is 2.33. The number of carbonyl (C=O) groups excluding carboxylic acids is 1. The maximum Gasteiger partial charge on any atom is 0.435 e. The van der Waals surface area contributed by atoms with Gasteiger partial charge in [0.15, 0.2) is 12.3 Å². The molecule has 0 bridgehead atoms. The van der Waals surface area contributed by atoms with E-state index in [9.17, 15) is 18.0 Å². The number of amides is 1. The zero-order valence-corrected chi connectivity index (χ0v) is 15.9. The molecule has 3 rings (SSSR count). The number of benzene rings is 2. The van der Waals surface area contributed by atoms with Crippen LogP contribution in [0.25, 0.3) is 5.69 Å². The van der Waals surface area contributed by atoms with Crippen LogP contribution < -0.4 is 10.1 Å². The number of rotatable bonds is 7. The first-order chi connectivity index (χ1) is 13.8. The van der Waals surface area contributed by atoms with Crippen LogP contribution in [0.4, 0.5) is 13.2 Å². The first-order valence-corrected chi connectivity index (χ1v) is 9.08. The van der Waals surface area contributed by atoms with Crippen molar-refractivity contribution in [2.24, 2.45) is 0 Å². The summed E-state index contributed by atoms with van der Waals surface area (Å²) in [6, 6.07) is 16.6. The van der Waals surface area contributed by atoms with Crippen molar-refractivity contribution in [1.29, 1.82) is 0 Å². The molecule has 0 aliphatic carbocycles. The molecule has 1 N–H and O–H groups in total. The number of nitrogens with one attached hydrogen (secondary N) is 1. The Hall–Kier alpha value is -3.00. The quantitative estimate of drug-likeness (QED) is 0.617. The number of aromatic nitrogens is 2. The number of halogens is 4. The summed E-state index contributed by atoms with van der Waals surface area (Å²) >= 11 is 6.07. The number of para-hydroxylation sites is 1. The molecule has 1 amide bonds. The van der Waals surface area contributed by atoms with E-state index in [0.29, 0.717) is 13.0 Å². The second-order valence-corrected chi connectivity index (χ2v) is 6.51. The normalized spacial score (nSPS) is 11.3. The number of carbonyl (C=O) groups is 1. The molecule has 0 fully saturated rings. The molecule has 5 nitrogen and oxygen atoms in total. The highest BCUT2D eigenvalue weighted by Gasteiger charge is 2.35. The third-order valence-corrected chi connectivity index (χ3v) is 4.30. The summed E-state index contributed by atoms with van der Waals surface area (Å²) in [4.78, 5) is 12.0. The Balaban J connectivity index is 1.67. The number of nitrogens with zero attached hydrogens (tertiary/aromatic N) is 2. The first-order valence-electron chi connectivity index (χ1n) is 8.70. The van der Waals surface area contributed by atoms with E-state index in [0.717, 1.165) is 16.3 Å². The Morgan fingerprint density at radius 2 is 1.79 bits per heavy atom. The second kappa shape index (κ2) is 9.00. The predicted molar refractivity (Wildman–Crippen MR) is 102 cm³/mol. The molecule has 0 unspecified atom stereocenters. The van der Waals surface area contributed by atoms with E-state index in [2.05, 4.69) is 10.4 Å². The standard InChI is InChI=1S/C20H17ClF3N3O2/c21-15-8-4-5-9-16(15)27-19(12-17(26-27)20(22,23)24)29-13-18(28)25-11-10-14-6-2-1-3-7-14/h1-9,12H,10-11,13H2,(H,25,28). The number of hydrogen-bond acceptors (Lipinski definition) is 3. The van der Waals surface area contributed by atoms with Gasteiger partial charge in [0.1, 0.15) is 0 Å². The summed E-state index contributed by atoms with van der Waals surface area (Å²) in [7, 11) is 0. The van der Waals surface area contributed by atoms with Crippen molar-refractivity contribution in [3.63, 3.8) is 0 Å². The Labute approximate surface area is 170 Å². The highest BCUT2D eigenvalue weighted by atomic mass is 35.5. The van der Waals surface area contributed by atoms with E-state index in [1.807, 2.05) is 30.3 Å². The molecule has 0 saturated heterocycles. The molecule has 1 heterocycles. The SMILES string of the molecule is O=C(COc1cc(C(F)(F)F)nn1-c1ccccc1Cl)NCCc1ccccc1. The molecule has 1 aromatic heterocycles. The first kappa shape index (κ1) is 20.7. The van der Waals surface area contributed by atoms with Crippen LogP contribution in [0.2, 0.25) is 5.02 Å². The molecule has 3 aromatic rings. The van der Waals surface area contributed by atoms with Crippen molar-refractivity contribution in [3.8, 4) is 11.6 Å². The minimum atomic E-state index is -4.66. The molecule has 29 heavy (non-hydrogen) atoms. The molecule has 0 saturated carbocycles. The van der Waals surface area contributed by atoms with Crippen molar-refractivity contribution in [2.75, 3.05) is 13.2 Å². The van der Waals surface area contributed by atoms with Gasteiger partial charge in [0, 0.05) is 12.6 Å². The van der Waals surface area contributed by atoms with Gasteiger partial charge in [-0.3, -0.25) is 4.79 Å². The third kappa shape index (κ3) is 5.51. The van der Waals surface area contributed by atoms with Crippen LogP contribution in [0, 0.1) is 0 Å². The molecule has 0 spiro atoms. The number of ether oxygens (including phenoxy) is 1. The van der Waals surface area contributed by atoms with Crippen LogP contribution in [0.15, 0.2) is 60.7 Å². The van der Waals surface area contributed by atoms with Gasteiger partial charge in [0.25, 0.3) is 5.91 Å². The smallest absolute Gasteiger partial charge is 0.435 e. The molecule has 0 aliphatic heterocycles. The van der Waals surface area contributed by atoms with Gasteiger partial charge >= 0.3 is 6.18 Å². The molecular weight excluding hydrogens is 407 g/mol. The Morgan fingerprint density at radius 3 is 2.48 bits per heavy atom. The molecule has 152 valence electrons. The minimum absolute atomic E-state index is 0.196. The van der Waals surface area contributed by atoms with E-state index in [1.54, 1.807) is 12.1 Å². The van der Waals surface area contributed by atoms with Gasteiger partial charge < -0.3 is 10.1 Å². The molecule has 0 atom stereocenters. The fraction of sp³-hybridized carbons (Fsp3) is 0.200. The summed E-state index contributed by atoms with van der Waals surface area (Å²) in [6.07, 6.45) is -4.04. The van der Waals surface area contributed by atoms with Crippen molar-refractivity contribution < 1.29 is 22.7 Å². The Kier molecular flexibility index (Phi) is 6.43. The van der Waals surface area contributed by atoms with Crippen LogP contribution >= 0.6 is 11.6 Å². The lowest BCUT2D eigenvalue weighted by molar-refractivity contribution is -0.141. The average molecular weight is 424 g/mol. The maximum atomic E-state index is 13.1. The summed E-state index contributed by atoms with van der Waals surface area (Å²) < 4.78 is 45.5. The molecule has 0 radical (unpaired) electrons. The molecule has 2 aromatic carbocycles. The number of alkyl halides is 3. The third-order valence-electron chi connectivity index (χ3n) is 3.98. The highest BCUT2D eigenvalue weighted by molar-refractivity contribution is 6.32. The molecular formula is C20H17ClF3N3O2. The largest absolute Gasteiger partial charge is 0.467 e. The average Bonchev–Trinajstić information content (AvgIpc) is 3.12. The topological polar surface area (TPSA) is 56.1 Å². The lowest BCUT2D eigenvalue weighted by Crippen LogP contribution is -2.30. The van der Waals surface area contributed by atoms with Gasteiger partial charge in [-0.25, -0.2) is 0 Å². The minimum Gasteiger partial charge on any atom is -0.467 e. The van der Waals surface area contributed by atoms with Gasteiger partial charge in [-0.1, -0.05) is 54.1 Å². The zero-order chi connectivity index (χ0) is 20.9. The van der Waals surface area contributed by atoms with Crippen LogP contribution in [-0.2, 0) is 17.4 Å². The Bertz CT molecular complexity index is 975. The van der Waals surface area contributed by atoms with Crippen LogP contribution in [-0.4, -0.2) is 28.8 Å². The van der Waals surface area contributed by atoms with Crippen molar-refractivity contribution >= 4 is 17.5 Å². The lowest BCUT2D eigenvalue weighted by Gasteiger charge is -2.10. The maximum absolute atomic E-state index is 13.1. The van der Waals surface area contributed by atoms with Crippen LogP contribution in [0.1, 0.15) is 11.3 Å². The molecule has 9 heteroatoms. The monoisotopic (exact) mass is 423 g/mol. The second-order valence-electron chi connectivity index (χ2n) is 6.10. The van der Waals surface area contributed by atoms with Gasteiger partial charge in [-0.15, -0.1) is 0 Å². The van der Waals surface area contributed by atoms with E-state index in [1.165, 1.54) is 12.1 Å². The summed E-state index contributed by atoms with van der Waals surface area (Å²) in [5.41, 5.74) is 0.126. The number of hydrogen-bond donors (Lipinski definition) is 1. The van der Waals surface area contributed by atoms with E-state index in [-0.39, 0.29) is 16.6 Å². The predicted octanol–water partition coefficient (Wildman–Crippen LogP) is 4.28. The van der Waals surface area contributed by atoms with Gasteiger partial charge in [0.05, 0.1) is 10.7 Å². The van der Waals surface area contributed by atoms with Gasteiger partial charge in [-0.2, -0.15) is 23.0 Å². The fourth-order valence-corrected chi connectivity index (χ4v) is 2.80. The van der Waals surface area contributed by atoms with E-state index >= 15 is 0 Å². The van der Waals surface area contributed by atoms with Crippen LogP contribution in [0.5, 0.6) is 5.88 Å². The van der Waals surface area contributed by atoms with Crippen molar-refractivity contribution in [1.82, 2.24) is 15.1 Å². The van der Waals surface area contributed by atoms with Crippen molar-refractivity contribution in [3.05, 3.63) is 76.9 Å². The summed E-state index contributed by atoms with van der Waals surface area (Å²) in [6.45, 7) is -0.0774. The van der Waals surface area contributed by atoms with E-state index < -0.39 is 24.4 Å².